The number of nitrogens with zero attached hydrogens (tertiary/aromatic N) is 1. The van der Waals surface area contributed by atoms with Gasteiger partial charge in [0.1, 0.15) is 12.0 Å². The highest BCUT2D eigenvalue weighted by atomic mass is 16.5. The van der Waals surface area contributed by atoms with Crippen molar-refractivity contribution in [3.63, 3.8) is 0 Å². The van der Waals surface area contributed by atoms with E-state index >= 15 is 0 Å². The van der Waals surface area contributed by atoms with Crippen molar-refractivity contribution in [1.29, 1.82) is 0 Å². The summed E-state index contributed by atoms with van der Waals surface area (Å²) in [6.07, 6.45) is 4.48. The third-order valence-electron chi connectivity index (χ3n) is 3.45. The molecule has 0 spiro atoms. The van der Waals surface area contributed by atoms with Crippen molar-refractivity contribution >= 4 is 17.9 Å². The van der Waals surface area contributed by atoms with E-state index in [1.54, 1.807) is 18.2 Å². The molecule has 1 aromatic rings. The van der Waals surface area contributed by atoms with E-state index in [0.29, 0.717) is 30.0 Å². The number of carbonyl (C=O) groups is 2. The van der Waals surface area contributed by atoms with Crippen LogP contribution >= 0.6 is 0 Å². The molecule has 2 rings (SSSR count). The smallest absolute Gasteiger partial charge is 0.225 e. The van der Waals surface area contributed by atoms with Gasteiger partial charge >= 0.3 is 0 Å². The summed E-state index contributed by atoms with van der Waals surface area (Å²) in [4.78, 5) is 24.4. The van der Waals surface area contributed by atoms with Gasteiger partial charge in [0.05, 0.1) is 18.7 Å². The Balaban J connectivity index is 1.80. The SMILES string of the molecule is Nc1cc(C=O)ccc1OCCC(=O)N1CCCCC1. The quantitative estimate of drug-likeness (QED) is 0.658. The molecule has 1 amide bonds. The predicted octanol–water partition coefficient (Wildman–Crippen LogP) is 1.86. The lowest BCUT2D eigenvalue weighted by molar-refractivity contribution is -0.132. The molecular formula is C15H20N2O3. The Kier molecular flexibility index (Phi) is 4.98. The van der Waals surface area contributed by atoms with Gasteiger partial charge in [-0.05, 0) is 37.5 Å². The van der Waals surface area contributed by atoms with Crippen molar-refractivity contribution in [2.45, 2.75) is 25.7 Å². The van der Waals surface area contributed by atoms with Crippen LogP contribution in [0.1, 0.15) is 36.0 Å². The molecule has 0 aromatic heterocycles. The second-order valence-electron chi connectivity index (χ2n) is 4.96. The number of ether oxygens (including phenoxy) is 1. The summed E-state index contributed by atoms with van der Waals surface area (Å²) in [7, 11) is 0. The number of rotatable bonds is 5. The Morgan fingerprint density at radius 1 is 1.30 bits per heavy atom. The Labute approximate surface area is 118 Å². The molecule has 5 heteroatoms. The summed E-state index contributed by atoms with van der Waals surface area (Å²) in [6.45, 7) is 2.02. The first-order valence-corrected chi connectivity index (χ1v) is 6.96. The van der Waals surface area contributed by atoms with Crippen molar-refractivity contribution in [2.75, 3.05) is 25.4 Å². The number of nitrogen functional groups attached to an aromatic ring is 1. The van der Waals surface area contributed by atoms with Gasteiger partial charge in [0.2, 0.25) is 5.91 Å². The molecule has 5 nitrogen and oxygen atoms in total. The normalized spacial score (nSPS) is 14.9. The lowest BCUT2D eigenvalue weighted by Gasteiger charge is -2.26. The topological polar surface area (TPSA) is 72.6 Å². The number of hydrogen-bond donors (Lipinski definition) is 1. The second-order valence-corrected chi connectivity index (χ2v) is 4.96. The third-order valence-corrected chi connectivity index (χ3v) is 3.45. The van der Waals surface area contributed by atoms with E-state index < -0.39 is 0 Å². The molecule has 0 atom stereocenters. The van der Waals surface area contributed by atoms with Gasteiger partial charge in [-0.2, -0.15) is 0 Å². The van der Waals surface area contributed by atoms with Crippen LogP contribution in [-0.4, -0.2) is 36.8 Å². The van der Waals surface area contributed by atoms with E-state index in [0.717, 1.165) is 32.2 Å². The zero-order valence-corrected chi connectivity index (χ0v) is 11.5. The number of benzene rings is 1. The number of piperidine rings is 1. The minimum atomic E-state index is 0.132. The van der Waals surface area contributed by atoms with E-state index in [1.165, 1.54) is 6.42 Å². The zero-order valence-electron chi connectivity index (χ0n) is 11.5. The first-order chi connectivity index (χ1) is 9.70. The molecule has 0 unspecified atom stereocenters. The van der Waals surface area contributed by atoms with Crippen molar-refractivity contribution in [2.24, 2.45) is 0 Å². The lowest BCUT2D eigenvalue weighted by Crippen LogP contribution is -2.36. The van der Waals surface area contributed by atoms with Gasteiger partial charge in [0.25, 0.3) is 0 Å². The van der Waals surface area contributed by atoms with Gasteiger partial charge in [-0.15, -0.1) is 0 Å². The Hall–Kier alpha value is -2.04. The summed E-state index contributed by atoms with van der Waals surface area (Å²) in [5.74, 6) is 0.648. The summed E-state index contributed by atoms with van der Waals surface area (Å²) < 4.78 is 5.51. The summed E-state index contributed by atoms with van der Waals surface area (Å²) in [6, 6.07) is 4.87. The van der Waals surface area contributed by atoms with Crippen LogP contribution in [0.15, 0.2) is 18.2 Å². The fourth-order valence-corrected chi connectivity index (χ4v) is 2.32. The molecule has 0 aliphatic carbocycles. The number of carbonyl (C=O) groups excluding carboxylic acids is 2. The average molecular weight is 276 g/mol. The highest BCUT2D eigenvalue weighted by molar-refractivity contribution is 5.78. The minimum Gasteiger partial charge on any atom is -0.491 e. The maximum atomic E-state index is 11.9. The van der Waals surface area contributed by atoms with Crippen molar-refractivity contribution in [3.05, 3.63) is 23.8 Å². The monoisotopic (exact) mass is 276 g/mol. The first-order valence-electron chi connectivity index (χ1n) is 6.96. The standard InChI is InChI=1S/C15H20N2O3/c16-13-10-12(11-18)4-5-14(13)20-9-6-15(19)17-7-2-1-3-8-17/h4-5,10-11H,1-3,6-9,16H2. The molecule has 0 saturated carbocycles. The van der Waals surface area contributed by atoms with Crippen LogP contribution in [0, 0.1) is 0 Å². The van der Waals surface area contributed by atoms with Crippen LogP contribution in [0.5, 0.6) is 5.75 Å². The summed E-state index contributed by atoms with van der Waals surface area (Å²) in [5.41, 5.74) is 6.71. The largest absolute Gasteiger partial charge is 0.491 e. The van der Waals surface area contributed by atoms with E-state index in [2.05, 4.69) is 0 Å². The molecule has 0 radical (unpaired) electrons. The predicted molar refractivity (Wildman–Crippen MR) is 76.8 cm³/mol. The van der Waals surface area contributed by atoms with Crippen LogP contribution in [0.3, 0.4) is 0 Å². The van der Waals surface area contributed by atoms with Crippen LogP contribution in [0.4, 0.5) is 5.69 Å². The average Bonchev–Trinajstić information content (AvgIpc) is 2.49. The summed E-state index contributed by atoms with van der Waals surface area (Å²) in [5, 5.41) is 0. The third kappa shape index (κ3) is 3.73. The first kappa shape index (κ1) is 14.4. The molecule has 20 heavy (non-hydrogen) atoms. The number of amides is 1. The van der Waals surface area contributed by atoms with Crippen molar-refractivity contribution < 1.29 is 14.3 Å². The Morgan fingerprint density at radius 2 is 2.05 bits per heavy atom. The van der Waals surface area contributed by atoms with Gasteiger partial charge in [0, 0.05) is 18.7 Å². The highest BCUT2D eigenvalue weighted by Gasteiger charge is 2.16. The number of anilines is 1. The van der Waals surface area contributed by atoms with Crippen molar-refractivity contribution in [3.8, 4) is 5.75 Å². The van der Waals surface area contributed by atoms with Crippen LogP contribution in [0.2, 0.25) is 0 Å². The lowest BCUT2D eigenvalue weighted by atomic mass is 10.1. The van der Waals surface area contributed by atoms with Gasteiger partial charge < -0.3 is 15.4 Å². The maximum Gasteiger partial charge on any atom is 0.225 e. The van der Waals surface area contributed by atoms with Gasteiger partial charge in [-0.25, -0.2) is 0 Å². The molecule has 1 aliphatic heterocycles. The van der Waals surface area contributed by atoms with E-state index in [4.69, 9.17) is 10.5 Å². The number of hydrogen-bond acceptors (Lipinski definition) is 4. The molecule has 1 saturated heterocycles. The Morgan fingerprint density at radius 3 is 2.70 bits per heavy atom. The fourth-order valence-electron chi connectivity index (χ4n) is 2.32. The Bertz CT molecular complexity index is 482. The minimum absolute atomic E-state index is 0.132. The number of nitrogens with two attached hydrogens (primary N) is 1. The fraction of sp³-hybridized carbons (Fsp3) is 0.467. The number of likely N-dealkylation sites (tertiary alicyclic amines) is 1. The van der Waals surface area contributed by atoms with E-state index in [1.807, 2.05) is 4.90 Å². The van der Waals surface area contributed by atoms with Gasteiger partial charge in [-0.3, -0.25) is 9.59 Å². The molecule has 0 bridgehead atoms. The molecule has 2 N–H and O–H groups in total. The highest BCUT2D eigenvalue weighted by Crippen LogP contribution is 2.22. The van der Waals surface area contributed by atoms with Crippen LogP contribution in [-0.2, 0) is 4.79 Å². The van der Waals surface area contributed by atoms with Crippen LogP contribution in [0.25, 0.3) is 0 Å². The van der Waals surface area contributed by atoms with Gasteiger partial charge in [-0.1, -0.05) is 0 Å². The van der Waals surface area contributed by atoms with E-state index in [-0.39, 0.29) is 5.91 Å². The van der Waals surface area contributed by atoms with E-state index in [9.17, 15) is 9.59 Å². The van der Waals surface area contributed by atoms with Crippen LogP contribution < -0.4 is 10.5 Å². The molecule has 1 fully saturated rings. The summed E-state index contributed by atoms with van der Waals surface area (Å²) >= 11 is 0. The van der Waals surface area contributed by atoms with Gasteiger partial charge in [0.15, 0.2) is 0 Å². The molecule has 1 aromatic carbocycles. The van der Waals surface area contributed by atoms with Crippen molar-refractivity contribution in [1.82, 2.24) is 4.90 Å². The molecule has 1 aliphatic rings. The molecule has 1 heterocycles. The second kappa shape index (κ2) is 6.93. The maximum absolute atomic E-state index is 11.9. The number of aldehydes is 1. The molecular weight excluding hydrogens is 256 g/mol. The zero-order chi connectivity index (χ0) is 14.4. The molecule has 108 valence electrons.